The van der Waals surface area contributed by atoms with E-state index in [2.05, 4.69) is 52.7 Å². The number of anilines is 2. The summed E-state index contributed by atoms with van der Waals surface area (Å²) in [6.45, 7) is 7.90. The van der Waals surface area contributed by atoms with E-state index in [1.807, 2.05) is 24.2 Å². The van der Waals surface area contributed by atoms with Crippen LogP contribution in [0.25, 0.3) is 10.9 Å². The Balaban J connectivity index is 1.37. The number of aryl methyl sites for hydroxylation is 1. The number of nitrogens with zero attached hydrogens (tertiary/aromatic N) is 8. The molecule has 0 radical (unpaired) electrons. The summed E-state index contributed by atoms with van der Waals surface area (Å²) in [6, 6.07) is 6.03. The van der Waals surface area contributed by atoms with E-state index in [-0.39, 0.29) is 37.6 Å². The average Bonchev–Trinajstić information content (AvgIpc) is 3.65. The topological polar surface area (TPSA) is 127 Å². The zero-order chi connectivity index (χ0) is 30.2. The molecule has 2 fully saturated rings. The molecule has 1 amide bonds. The van der Waals surface area contributed by atoms with Crippen LogP contribution in [0.5, 0.6) is 11.8 Å². The molecule has 1 unspecified atom stereocenters. The molecule has 0 saturated carbocycles. The molecule has 3 aromatic rings. The third-order valence-corrected chi connectivity index (χ3v) is 8.89. The SMILES string of the molecule is C=C(F)C(=O)N1CCN(c2nc(OC[C@@H]3CCCN3C)nc3c2OCC(c2c(C)ccc4[nH]ncc24)N3C)C[C@@H]1CC#N. The molecule has 43 heavy (non-hydrogen) atoms. The van der Waals surface area contributed by atoms with E-state index in [0.29, 0.717) is 37.1 Å². The molecule has 13 heteroatoms. The summed E-state index contributed by atoms with van der Waals surface area (Å²) in [6.07, 6.45) is 4.03. The second kappa shape index (κ2) is 11.7. The molecule has 12 nitrogen and oxygen atoms in total. The minimum Gasteiger partial charge on any atom is -0.484 e. The first-order chi connectivity index (χ1) is 20.8. The van der Waals surface area contributed by atoms with Gasteiger partial charge in [-0.05, 0) is 50.6 Å². The lowest BCUT2D eigenvalue weighted by Crippen LogP contribution is -2.55. The van der Waals surface area contributed by atoms with Gasteiger partial charge < -0.3 is 29.1 Å². The molecule has 3 aliphatic rings. The number of carbonyl (C=O) groups is 1. The van der Waals surface area contributed by atoms with Crippen LogP contribution in [-0.2, 0) is 4.79 Å². The molecule has 1 N–H and O–H groups in total. The van der Waals surface area contributed by atoms with Gasteiger partial charge in [0.05, 0.1) is 36.3 Å². The number of aromatic amines is 1. The minimum atomic E-state index is -1.04. The fourth-order valence-corrected chi connectivity index (χ4v) is 6.46. The van der Waals surface area contributed by atoms with Gasteiger partial charge in [0.1, 0.15) is 13.2 Å². The number of carbonyl (C=O) groups excluding carboxylic acids is 1. The van der Waals surface area contributed by atoms with E-state index in [1.54, 1.807) is 0 Å². The van der Waals surface area contributed by atoms with Crippen molar-refractivity contribution in [3.05, 3.63) is 41.9 Å². The number of likely N-dealkylation sites (tertiary alicyclic amines) is 1. The first-order valence-corrected chi connectivity index (χ1v) is 14.6. The van der Waals surface area contributed by atoms with Gasteiger partial charge in [0.25, 0.3) is 5.91 Å². The van der Waals surface area contributed by atoms with Crippen LogP contribution >= 0.6 is 0 Å². The Labute approximate surface area is 249 Å². The zero-order valence-corrected chi connectivity index (χ0v) is 24.7. The molecule has 2 aromatic heterocycles. The second-order valence-electron chi connectivity index (χ2n) is 11.5. The standard InChI is InChI=1S/C30H36FN9O3/c1-18-7-8-23-22(14-33-36-23)25(18)24-17-42-26-27(38(24)4)34-30(43-16-21-6-5-11-37(21)3)35-28(26)39-12-13-40(29(41)19(2)31)20(15-39)9-10-32/h7-8,14,20-21,24H,2,5-6,9,11-13,15-17H2,1,3-4H3,(H,33,36)/t20-,21-,24?/m0/s1. The van der Waals surface area contributed by atoms with E-state index in [4.69, 9.17) is 19.4 Å². The van der Waals surface area contributed by atoms with Crippen molar-refractivity contribution in [2.75, 3.05) is 63.3 Å². The van der Waals surface area contributed by atoms with Crippen LogP contribution in [0, 0.1) is 18.3 Å². The maximum atomic E-state index is 13.8. The van der Waals surface area contributed by atoms with Crippen LogP contribution in [0.3, 0.4) is 0 Å². The highest BCUT2D eigenvalue weighted by Gasteiger charge is 2.38. The number of nitriles is 1. The number of hydrogen-bond acceptors (Lipinski definition) is 10. The number of fused-ring (bicyclic) bond motifs is 2. The molecule has 6 rings (SSSR count). The van der Waals surface area contributed by atoms with Crippen LogP contribution in [-0.4, -0.2) is 101 Å². The molecule has 2 saturated heterocycles. The molecule has 0 bridgehead atoms. The highest BCUT2D eigenvalue weighted by atomic mass is 19.1. The molecule has 226 valence electrons. The van der Waals surface area contributed by atoms with Crippen LogP contribution in [0.4, 0.5) is 16.0 Å². The first-order valence-electron chi connectivity index (χ1n) is 14.6. The van der Waals surface area contributed by atoms with Crippen molar-refractivity contribution in [3.8, 4) is 17.8 Å². The fraction of sp³-hybridized carbons (Fsp3) is 0.500. The molecule has 3 atom stereocenters. The van der Waals surface area contributed by atoms with E-state index >= 15 is 0 Å². The summed E-state index contributed by atoms with van der Waals surface area (Å²) in [4.78, 5) is 29.9. The third-order valence-electron chi connectivity index (χ3n) is 8.89. The van der Waals surface area contributed by atoms with E-state index < -0.39 is 17.8 Å². The van der Waals surface area contributed by atoms with Crippen molar-refractivity contribution < 1.29 is 18.7 Å². The van der Waals surface area contributed by atoms with Gasteiger partial charge in [0.15, 0.2) is 17.5 Å². The monoisotopic (exact) mass is 589 g/mol. The van der Waals surface area contributed by atoms with Crippen molar-refractivity contribution >= 4 is 28.4 Å². The Morgan fingerprint density at radius 2 is 2.05 bits per heavy atom. The number of piperazine rings is 1. The first kappa shape index (κ1) is 28.7. The lowest BCUT2D eigenvalue weighted by molar-refractivity contribution is -0.131. The number of hydrogen-bond donors (Lipinski definition) is 1. The number of benzene rings is 1. The van der Waals surface area contributed by atoms with Crippen LogP contribution in [0.15, 0.2) is 30.7 Å². The second-order valence-corrected chi connectivity index (χ2v) is 11.5. The summed E-state index contributed by atoms with van der Waals surface area (Å²) < 4.78 is 26.5. The Morgan fingerprint density at radius 1 is 1.23 bits per heavy atom. The van der Waals surface area contributed by atoms with E-state index in [9.17, 15) is 14.4 Å². The predicted octanol–water partition coefficient (Wildman–Crippen LogP) is 3.12. The molecule has 0 spiro atoms. The van der Waals surface area contributed by atoms with Gasteiger partial charge in [-0.3, -0.25) is 9.89 Å². The van der Waals surface area contributed by atoms with E-state index in [1.165, 1.54) is 4.90 Å². The largest absolute Gasteiger partial charge is 0.484 e. The molecule has 0 aliphatic carbocycles. The van der Waals surface area contributed by atoms with Crippen LogP contribution in [0.1, 0.15) is 36.4 Å². The van der Waals surface area contributed by atoms with Gasteiger partial charge in [-0.25, -0.2) is 4.39 Å². The smallest absolute Gasteiger partial charge is 0.320 e. The van der Waals surface area contributed by atoms with Gasteiger partial charge in [0, 0.05) is 38.1 Å². The Bertz CT molecular complexity index is 1590. The van der Waals surface area contributed by atoms with Gasteiger partial charge >= 0.3 is 6.01 Å². The van der Waals surface area contributed by atoms with Crippen LogP contribution in [0.2, 0.25) is 0 Å². The molecule has 5 heterocycles. The quantitative estimate of drug-likeness (QED) is 0.411. The number of halogens is 1. The van der Waals surface area contributed by atoms with Gasteiger partial charge in [-0.2, -0.15) is 20.3 Å². The van der Waals surface area contributed by atoms with Crippen molar-refractivity contribution in [1.29, 1.82) is 5.26 Å². The number of nitrogens with one attached hydrogen (secondary N) is 1. The normalized spacial score (nSPS) is 22.3. The maximum absolute atomic E-state index is 13.8. The van der Waals surface area contributed by atoms with Gasteiger partial charge in [-0.1, -0.05) is 12.6 Å². The van der Waals surface area contributed by atoms with Crippen molar-refractivity contribution in [3.63, 3.8) is 0 Å². The summed E-state index contributed by atoms with van der Waals surface area (Å²) >= 11 is 0. The maximum Gasteiger partial charge on any atom is 0.320 e. The lowest BCUT2D eigenvalue weighted by Gasteiger charge is -2.42. The molecular formula is C30H36FN9O3. The summed E-state index contributed by atoms with van der Waals surface area (Å²) in [5.41, 5.74) is 3.16. The number of amides is 1. The number of rotatable bonds is 7. The third kappa shape index (κ3) is 5.31. The summed E-state index contributed by atoms with van der Waals surface area (Å²) in [5, 5.41) is 17.8. The Hall–Kier alpha value is -4.44. The highest BCUT2D eigenvalue weighted by molar-refractivity contribution is 5.91. The number of H-pyrrole nitrogens is 1. The van der Waals surface area contributed by atoms with Gasteiger partial charge in [0.2, 0.25) is 5.75 Å². The molecule has 1 aromatic carbocycles. The van der Waals surface area contributed by atoms with E-state index in [0.717, 1.165) is 41.4 Å². The number of ether oxygens (including phenoxy) is 2. The predicted molar refractivity (Wildman–Crippen MR) is 159 cm³/mol. The molecule has 3 aliphatic heterocycles. The highest BCUT2D eigenvalue weighted by Crippen LogP contribution is 2.45. The number of aromatic nitrogens is 4. The van der Waals surface area contributed by atoms with Crippen molar-refractivity contribution in [2.24, 2.45) is 0 Å². The van der Waals surface area contributed by atoms with Gasteiger partial charge in [-0.15, -0.1) is 0 Å². The fourth-order valence-electron chi connectivity index (χ4n) is 6.46. The lowest BCUT2D eigenvalue weighted by atomic mass is 9.96. The van der Waals surface area contributed by atoms with Crippen LogP contribution < -0.4 is 19.3 Å². The summed E-state index contributed by atoms with van der Waals surface area (Å²) in [7, 11) is 4.07. The summed E-state index contributed by atoms with van der Waals surface area (Å²) in [5.74, 6) is -0.216. The van der Waals surface area contributed by atoms with Crippen molar-refractivity contribution in [1.82, 2.24) is 30.0 Å². The Morgan fingerprint density at radius 3 is 2.79 bits per heavy atom. The average molecular weight is 590 g/mol. The molecular weight excluding hydrogens is 553 g/mol. The van der Waals surface area contributed by atoms with Crippen molar-refractivity contribution in [2.45, 2.75) is 44.3 Å². The zero-order valence-electron chi connectivity index (χ0n) is 24.7. The number of likely N-dealkylation sites (N-methyl/N-ethyl adjacent to an activating group) is 2. The minimum absolute atomic E-state index is 0.0387. The Kier molecular flexibility index (Phi) is 7.79.